The number of pyridine rings is 1. The van der Waals surface area contributed by atoms with Crippen LogP contribution in [0.15, 0.2) is 93.9 Å². The van der Waals surface area contributed by atoms with Crippen LogP contribution >= 0.6 is 11.3 Å². The maximum atomic E-state index is 13.3. The van der Waals surface area contributed by atoms with Crippen molar-refractivity contribution >= 4 is 28.1 Å². The third-order valence-corrected chi connectivity index (χ3v) is 7.46. The average molecular weight is 534 g/mol. The summed E-state index contributed by atoms with van der Waals surface area (Å²) in [6.07, 6.45) is 10.1. The number of esters is 1. The van der Waals surface area contributed by atoms with Gasteiger partial charge >= 0.3 is 11.1 Å². The van der Waals surface area contributed by atoms with Crippen molar-refractivity contribution in [3.05, 3.63) is 89.2 Å². The number of anilines is 1. The monoisotopic (exact) mass is 533 g/mol. The van der Waals surface area contributed by atoms with E-state index in [9.17, 15) is 4.79 Å². The molecule has 2 aromatic heterocycles. The zero-order valence-corrected chi connectivity index (χ0v) is 23.4. The third kappa shape index (κ3) is 6.16. The first-order chi connectivity index (χ1) is 18.3. The van der Waals surface area contributed by atoms with E-state index in [1.165, 1.54) is 16.9 Å². The van der Waals surface area contributed by atoms with Gasteiger partial charge in [-0.2, -0.15) is 0 Å². The molecule has 4 rings (SSSR count). The van der Waals surface area contributed by atoms with Crippen LogP contribution in [0.4, 0.5) is 10.8 Å². The number of aryl methyl sites for hydroxylation is 1. The fraction of sp³-hybridized carbons (Fsp3) is 0.345. The predicted molar refractivity (Wildman–Crippen MR) is 148 cm³/mol. The minimum Gasteiger partial charge on any atom is -0.497 e. The average Bonchev–Trinajstić information content (AvgIpc) is 3.45. The molecule has 0 spiro atoms. The van der Waals surface area contributed by atoms with Gasteiger partial charge in [0.2, 0.25) is 0 Å². The normalized spacial score (nSPS) is 19.1. The van der Waals surface area contributed by atoms with E-state index in [-0.39, 0.29) is 18.6 Å². The number of rotatable bonds is 10. The fourth-order valence-corrected chi connectivity index (χ4v) is 4.85. The molecular formula is C29H35N5O3S+2. The van der Waals surface area contributed by atoms with Gasteiger partial charge < -0.3 is 14.4 Å². The van der Waals surface area contributed by atoms with Crippen LogP contribution in [0.2, 0.25) is 0 Å². The molecule has 1 aromatic carbocycles. The number of carbonyl (C=O) groups excluding carboxylic acids is 1. The highest BCUT2D eigenvalue weighted by Crippen LogP contribution is 2.38. The first-order valence-electron chi connectivity index (χ1n) is 12.7. The van der Waals surface area contributed by atoms with Crippen LogP contribution < -0.4 is 19.2 Å². The molecular weight excluding hydrogens is 498 g/mol. The molecule has 0 saturated carbocycles. The van der Waals surface area contributed by atoms with E-state index in [0.717, 1.165) is 23.6 Å². The molecule has 1 aliphatic rings. The Hall–Kier alpha value is -3.85. The molecule has 0 fully saturated rings. The molecule has 1 aliphatic carbocycles. The molecule has 0 aliphatic heterocycles. The van der Waals surface area contributed by atoms with Gasteiger partial charge in [0, 0.05) is 23.2 Å². The third-order valence-electron chi connectivity index (χ3n) is 6.76. The Morgan fingerprint density at radius 3 is 2.53 bits per heavy atom. The van der Waals surface area contributed by atoms with Crippen molar-refractivity contribution < 1.29 is 23.8 Å². The molecule has 198 valence electrons. The molecule has 0 radical (unpaired) electrons. The van der Waals surface area contributed by atoms with Crippen molar-refractivity contribution in [2.75, 3.05) is 25.2 Å². The lowest BCUT2D eigenvalue weighted by Crippen LogP contribution is -2.46. The summed E-state index contributed by atoms with van der Waals surface area (Å²) in [5.41, 5.74) is 2.69. The van der Waals surface area contributed by atoms with Crippen molar-refractivity contribution in [1.82, 2.24) is 0 Å². The smallest absolute Gasteiger partial charge is 0.405 e. The Morgan fingerprint density at radius 2 is 1.89 bits per heavy atom. The Labute approximate surface area is 228 Å². The second-order valence-electron chi connectivity index (χ2n) is 9.29. The molecule has 38 heavy (non-hydrogen) atoms. The van der Waals surface area contributed by atoms with Crippen LogP contribution in [0.5, 0.6) is 5.75 Å². The van der Waals surface area contributed by atoms with Gasteiger partial charge in [-0.15, -0.1) is 0 Å². The number of nitrogens with zero attached hydrogens (tertiary/aromatic N) is 4. The molecule has 1 N–H and O–H groups in total. The zero-order chi connectivity index (χ0) is 27.1. The minimum atomic E-state index is -0.947. The highest BCUT2D eigenvalue weighted by atomic mass is 32.1. The van der Waals surface area contributed by atoms with E-state index in [4.69, 9.17) is 9.47 Å². The van der Waals surface area contributed by atoms with E-state index < -0.39 is 5.54 Å². The number of azo groups is 1. The van der Waals surface area contributed by atoms with Crippen molar-refractivity contribution in [3.63, 3.8) is 0 Å². The molecule has 2 atom stereocenters. The van der Waals surface area contributed by atoms with Crippen LogP contribution in [-0.4, -0.2) is 37.8 Å². The first kappa shape index (κ1) is 27.2. The Kier molecular flexibility index (Phi) is 8.68. The van der Waals surface area contributed by atoms with Gasteiger partial charge in [-0.25, -0.2) is 14.3 Å². The summed E-state index contributed by atoms with van der Waals surface area (Å²) in [6, 6.07) is 12.0. The van der Waals surface area contributed by atoms with Gasteiger partial charge in [-0.05, 0) is 80.5 Å². The first-order valence-corrected chi connectivity index (χ1v) is 13.5. The molecule has 3 aromatic rings. The van der Waals surface area contributed by atoms with E-state index in [0.29, 0.717) is 17.2 Å². The standard InChI is InChI=1S/C29H34N5O3S/c1-6-37-27(35)26-20-24(19-22(3)29(26,4)32-31-28-30-13-18-38-28)34(23-7-9-25(36-5)10-8-23)17-16-33-14-11-21(2)12-15-33/h7-15,18-20,24H,6,16-17H2,1-5H3/q+1/p+1. The largest absolute Gasteiger partial charge is 0.497 e. The number of aromatic nitrogens is 2. The summed E-state index contributed by atoms with van der Waals surface area (Å²) in [5.74, 6) is 0.405. The molecule has 0 saturated heterocycles. The maximum Gasteiger partial charge on any atom is 0.405 e. The lowest BCUT2D eigenvalue weighted by Gasteiger charge is -2.36. The molecule has 9 heteroatoms. The number of benzene rings is 1. The molecule has 0 amide bonds. The number of hydrogen-bond acceptors (Lipinski definition) is 7. The zero-order valence-electron chi connectivity index (χ0n) is 22.5. The van der Waals surface area contributed by atoms with Crippen LogP contribution in [0, 0.1) is 6.92 Å². The van der Waals surface area contributed by atoms with Gasteiger partial charge in [0.25, 0.3) is 0 Å². The number of thiazole rings is 1. The predicted octanol–water partition coefficient (Wildman–Crippen LogP) is 5.03. The van der Waals surface area contributed by atoms with Crippen molar-refractivity contribution in [2.45, 2.75) is 45.8 Å². The van der Waals surface area contributed by atoms with Crippen LogP contribution in [0.3, 0.4) is 0 Å². The lowest BCUT2D eigenvalue weighted by molar-refractivity contribution is -0.694. The molecule has 2 heterocycles. The van der Waals surface area contributed by atoms with E-state index in [1.54, 1.807) is 7.11 Å². The number of methoxy groups -OCH3 is 1. The Bertz CT molecular complexity index is 1320. The summed E-state index contributed by atoms with van der Waals surface area (Å²) >= 11 is 1.45. The topological polar surface area (TPSA) is 81.5 Å². The van der Waals surface area contributed by atoms with E-state index in [2.05, 4.69) is 62.2 Å². The number of ether oxygens (including phenoxy) is 2. The van der Waals surface area contributed by atoms with Gasteiger partial charge in [0.1, 0.15) is 5.75 Å². The fourth-order valence-electron chi connectivity index (χ4n) is 4.36. The highest BCUT2D eigenvalue weighted by molar-refractivity contribution is 7.12. The highest BCUT2D eigenvalue weighted by Gasteiger charge is 2.42. The second-order valence-corrected chi connectivity index (χ2v) is 10.2. The van der Waals surface area contributed by atoms with E-state index in [1.807, 2.05) is 62.7 Å². The Balaban J connectivity index is 1.72. The number of nitrogens with one attached hydrogen (secondary N) is 1. The molecule has 0 bridgehead atoms. The molecule has 2 unspecified atom stereocenters. The summed E-state index contributed by atoms with van der Waals surface area (Å²) in [7, 11) is 1.66. The summed E-state index contributed by atoms with van der Waals surface area (Å²) in [6.45, 7) is 9.56. The van der Waals surface area contributed by atoms with E-state index >= 15 is 0 Å². The van der Waals surface area contributed by atoms with Crippen LogP contribution in [0.1, 0.15) is 26.3 Å². The van der Waals surface area contributed by atoms with Gasteiger partial charge in [-0.1, -0.05) is 11.2 Å². The summed E-state index contributed by atoms with van der Waals surface area (Å²) < 4.78 is 13.0. The maximum absolute atomic E-state index is 13.3. The molecule has 8 nitrogen and oxygen atoms in total. The summed E-state index contributed by atoms with van der Waals surface area (Å²) in [4.78, 5) is 18.6. The number of hydrogen-bond donors (Lipinski definition) is 0. The lowest BCUT2D eigenvalue weighted by atomic mass is 9.79. The van der Waals surface area contributed by atoms with Gasteiger partial charge in [0.05, 0.1) is 43.2 Å². The van der Waals surface area contributed by atoms with Crippen molar-refractivity contribution in [2.24, 2.45) is 10.2 Å². The van der Waals surface area contributed by atoms with Crippen LogP contribution in [0.25, 0.3) is 0 Å². The minimum absolute atomic E-state index is 0.189. The Morgan fingerprint density at radius 1 is 1.16 bits per heavy atom. The number of aromatic amines is 1. The SMILES string of the molecule is CCOC(=O)C1=CC(N(CC[n+]2ccc(C)cc2)c2ccc(OC)cc2)C=C(C)C1(C)N=Nc1[nH+]ccs1. The van der Waals surface area contributed by atoms with Gasteiger partial charge in [0.15, 0.2) is 24.5 Å². The van der Waals surface area contributed by atoms with Crippen molar-refractivity contribution in [1.29, 1.82) is 0 Å². The second kappa shape index (κ2) is 12.1. The summed E-state index contributed by atoms with van der Waals surface area (Å²) in [5, 5.41) is 11.6. The quantitative estimate of drug-likeness (QED) is 0.158. The number of H-pyrrole nitrogens is 1. The van der Waals surface area contributed by atoms with Gasteiger partial charge in [-0.3, -0.25) is 0 Å². The number of carbonyl (C=O) groups is 1. The van der Waals surface area contributed by atoms with Crippen molar-refractivity contribution in [3.8, 4) is 5.75 Å². The van der Waals surface area contributed by atoms with Crippen LogP contribution in [-0.2, 0) is 16.1 Å².